The molecule has 0 spiro atoms. The minimum absolute atomic E-state index is 0.421. The molecule has 3 rings (SSSR count). The molecule has 1 aromatic carbocycles. The van der Waals surface area contributed by atoms with E-state index in [-0.39, 0.29) is 0 Å². The second-order valence-corrected chi connectivity index (χ2v) is 4.31. The fourth-order valence-corrected chi connectivity index (χ4v) is 2.12. The first kappa shape index (κ1) is 11.5. The van der Waals surface area contributed by atoms with Gasteiger partial charge >= 0.3 is 0 Å². The van der Waals surface area contributed by atoms with E-state index in [9.17, 15) is 0 Å². The molecule has 5 heteroatoms. The maximum atomic E-state index is 6.02. The van der Waals surface area contributed by atoms with Gasteiger partial charge in [0.2, 0.25) is 5.95 Å². The molecule has 0 saturated heterocycles. The molecular formula is C14H14N4O. The number of nitrogen functional groups attached to an aromatic ring is 1. The second kappa shape index (κ2) is 4.28. The van der Waals surface area contributed by atoms with E-state index in [0.717, 1.165) is 28.2 Å². The molecule has 2 N–H and O–H groups in total. The fourth-order valence-electron chi connectivity index (χ4n) is 2.12. The third-order valence-electron chi connectivity index (χ3n) is 3.09. The molecule has 2 heterocycles. The zero-order valence-electron chi connectivity index (χ0n) is 10.8. The molecule has 0 unspecified atom stereocenters. The third kappa shape index (κ3) is 1.79. The van der Waals surface area contributed by atoms with Gasteiger partial charge in [0.1, 0.15) is 11.3 Å². The predicted molar refractivity (Wildman–Crippen MR) is 74.6 cm³/mol. The molecule has 0 atom stereocenters. The van der Waals surface area contributed by atoms with Crippen LogP contribution >= 0.6 is 0 Å². The lowest BCUT2D eigenvalue weighted by atomic mass is 10.2. The molecule has 19 heavy (non-hydrogen) atoms. The number of pyridine rings is 1. The molecule has 0 aliphatic rings. The van der Waals surface area contributed by atoms with E-state index in [4.69, 9.17) is 10.5 Å². The van der Waals surface area contributed by atoms with Crippen LogP contribution in [0.1, 0.15) is 5.56 Å². The minimum atomic E-state index is 0.421. The molecule has 0 aliphatic carbocycles. The molecule has 0 aliphatic heterocycles. The second-order valence-electron chi connectivity index (χ2n) is 4.31. The Labute approximate surface area is 110 Å². The van der Waals surface area contributed by atoms with Crippen LogP contribution in [0.2, 0.25) is 0 Å². The van der Waals surface area contributed by atoms with Crippen molar-refractivity contribution in [3.63, 3.8) is 0 Å². The number of benzene rings is 1. The van der Waals surface area contributed by atoms with Crippen molar-refractivity contribution in [2.24, 2.45) is 0 Å². The van der Waals surface area contributed by atoms with E-state index in [2.05, 4.69) is 9.97 Å². The van der Waals surface area contributed by atoms with Gasteiger partial charge in [0.15, 0.2) is 5.65 Å². The minimum Gasteiger partial charge on any atom is -0.497 e. The van der Waals surface area contributed by atoms with E-state index in [1.165, 1.54) is 0 Å². The van der Waals surface area contributed by atoms with Gasteiger partial charge in [0.25, 0.3) is 0 Å². The first-order chi connectivity index (χ1) is 9.20. The third-order valence-corrected chi connectivity index (χ3v) is 3.09. The van der Waals surface area contributed by atoms with Crippen LogP contribution in [0.3, 0.4) is 0 Å². The van der Waals surface area contributed by atoms with Gasteiger partial charge in [-0.2, -0.15) is 0 Å². The summed E-state index contributed by atoms with van der Waals surface area (Å²) in [6.45, 7) is 1.99. The average molecular weight is 254 g/mol. The molecule has 0 amide bonds. The zero-order valence-corrected chi connectivity index (χ0v) is 10.8. The molecule has 5 nitrogen and oxygen atoms in total. The van der Waals surface area contributed by atoms with Crippen LogP contribution in [0.5, 0.6) is 5.75 Å². The lowest BCUT2D eigenvalue weighted by Crippen LogP contribution is -2.01. The molecule has 0 radical (unpaired) electrons. The summed E-state index contributed by atoms with van der Waals surface area (Å²) in [6.07, 6.45) is 1.76. The van der Waals surface area contributed by atoms with Crippen LogP contribution in [-0.4, -0.2) is 21.6 Å². The summed E-state index contributed by atoms with van der Waals surface area (Å²) < 4.78 is 7.06. The zero-order chi connectivity index (χ0) is 13.4. The number of nitrogens with zero attached hydrogens (tertiary/aromatic N) is 3. The molecule has 0 bridgehead atoms. The highest BCUT2D eigenvalue weighted by atomic mass is 16.5. The molecular weight excluding hydrogens is 240 g/mol. The van der Waals surface area contributed by atoms with Crippen LogP contribution in [-0.2, 0) is 0 Å². The summed E-state index contributed by atoms with van der Waals surface area (Å²) in [5, 5.41) is 0. The van der Waals surface area contributed by atoms with E-state index >= 15 is 0 Å². The number of hydrogen-bond acceptors (Lipinski definition) is 4. The van der Waals surface area contributed by atoms with Gasteiger partial charge in [-0.05, 0) is 30.7 Å². The Balaban J connectivity index is 2.30. The Morgan fingerprint density at radius 2 is 2.11 bits per heavy atom. The summed E-state index contributed by atoms with van der Waals surface area (Å²) >= 11 is 0. The summed E-state index contributed by atoms with van der Waals surface area (Å²) in [5.41, 5.74) is 9.53. The van der Waals surface area contributed by atoms with Crippen molar-refractivity contribution in [2.45, 2.75) is 6.92 Å². The molecule has 0 saturated carbocycles. The standard InChI is InChI=1S/C14H14N4O/c1-9-6-7-16-13-12(9)17-14(15)18(13)10-4-3-5-11(8-10)19-2/h3-8H,1-2H3,(H2,15,17). The van der Waals surface area contributed by atoms with Crippen molar-refractivity contribution in [3.05, 3.63) is 42.1 Å². The van der Waals surface area contributed by atoms with Crippen LogP contribution in [0.25, 0.3) is 16.9 Å². The number of rotatable bonds is 2. The number of methoxy groups -OCH3 is 1. The number of nitrogens with two attached hydrogens (primary N) is 1. The largest absolute Gasteiger partial charge is 0.497 e. The topological polar surface area (TPSA) is 66.0 Å². The molecule has 3 aromatic rings. The van der Waals surface area contributed by atoms with E-state index < -0.39 is 0 Å². The highest BCUT2D eigenvalue weighted by Crippen LogP contribution is 2.25. The van der Waals surface area contributed by atoms with Crippen molar-refractivity contribution in [1.29, 1.82) is 0 Å². The summed E-state index contributed by atoms with van der Waals surface area (Å²) in [4.78, 5) is 8.76. The van der Waals surface area contributed by atoms with Gasteiger partial charge in [0, 0.05) is 12.3 Å². The maximum Gasteiger partial charge on any atom is 0.207 e. The van der Waals surface area contributed by atoms with E-state index in [1.807, 2.05) is 41.8 Å². The average Bonchev–Trinajstić information content (AvgIpc) is 2.77. The van der Waals surface area contributed by atoms with Crippen molar-refractivity contribution in [2.75, 3.05) is 12.8 Å². The quantitative estimate of drug-likeness (QED) is 0.762. The Kier molecular flexibility index (Phi) is 2.59. The Morgan fingerprint density at radius 1 is 1.26 bits per heavy atom. The van der Waals surface area contributed by atoms with Gasteiger partial charge in [-0.1, -0.05) is 6.07 Å². The van der Waals surface area contributed by atoms with Crippen LogP contribution in [0.4, 0.5) is 5.95 Å². The summed E-state index contributed by atoms with van der Waals surface area (Å²) in [5.74, 6) is 1.19. The number of anilines is 1. The molecule has 96 valence electrons. The Hall–Kier alpha value is -2.56. The highest BCUT2D eigenvalue weighted by Gasteiger charge is 2.12. The number of imidazole rings is 1. The van der Waals surface area contributed by atoms with Gasteiger partial charge in [0.05, 0.1) is 12.8 Å². The van der Waals surface area contributed by atoms with Gasteiger partial charge < -0.3 is 10.5 Å². The highest BCUT2D eigenvalue weighted by molar-refractivity contribution is 5.79. The Bertz CT molecular complexity index is 748. The van der Waals surface area contributed by atoms with Crippen molar-refractivity contribution in [3.8, 4) is 11.4 Å². The SMILES string of the molecule is COc1cccc(-n2c(N)nc3c(C)ccnc32)c1. The number of hydrogen-bond donors (Lipinski definition) is 1. The van der Waals surface area contributed by atoms with E-state index in [0.29, 0.717) is 5.95 Å². The van der Waals surface area contributed by atoms with E-state index in [1.54, 1.807) is 13.3 Å². The van der Waals surface area contributed by atoms with Crippen molar-refractivity contribution >= 4 is 17.1 Å². The monoisotopic (exact) mass is 254 g/mol. The lowest BCUT2D eigenvalue weighted by molar-refractivity contribution is 0.414. The maximum absolute atomic E-state index is 6.02. The molecule has 2 aromatic heterocycles. The summed E-state index contributed by atoms with van der Waals surface area (Å²) in [7, 11) is 1.64. The summed E-state index contributed by atoms with van der Waals surface area (Å²) in [6, 6.07) is 9.57. The number of aryl methyl sites for hydroxylation is 1. The van der Waals surface area contributed by atoms with Crippen molar-refractivity contribution in [1.82, 2.24) is 14.5 Å². The first-order valence-electron chi connectivity index (χ1n) is 5.94. The predicted octanol–water partition coefficient (Wildman–Crippen LogP) is 2.32. The van der Waals surface area contributed by atoms with Crippen LogP contribution < -0.4 is 10.5 Å². The molecule has 0 fully saturated rings. The number of fused-ring (bicyclic) bond motifs is 1. The normalized spacial score (nSPS) is 10.8. The van der Waals surface area contributed by atoms with Gasteiger partial charge in [-0.25, -0.2) is 9.97 Å². The number of ether oxygens (including phenoxy) is 1. The fraction of sp³-hybridized carbons (Fsp3) is 0.143. The van der Waals surface area contributed by atoms with Crippen LogP contribution in [0, 0.1) is 6.92 Å². The van der Waals surface area contributed by atoms with Crippen LogP contribution in [0.15, 0.2) is 36.5 Å². The van der Waals surface area contributed by atoms with Gasteiger partial charge in [-0.15, -0.1) is 0 Å². The Morgan fingerprint density at radius 3 is 2.89 bits per heavy atom. The van der Waals surface area contributed by atoms with Crippen molar-refractivity contribution < 1.29 is 4.74 Å². The first-order valence-corrected chi connectivity index (χ1v) is 5.94. The number of aromatic nitrogens is 3. The van der Waals surface area contributed by atoms with Gasteiger partial charge in [-0.3, -0.25) is 4.57 Å². The smallest absolute Gasteiger partial charge is 0.207 e. The lowest BCUT2D eigenvalue weighted by Gasteiger charge is -2.07.